The molecular weight excluding hydrogens is 396 g/mol. The van der Waals surface area contributed by atoms with Crippen molar-refractivity contribution < 1.29 is 14.0 Å². The third-order valence-electron chi connectivity index (χ3n) is 2.94. The fourth-order valence-electron chi connectivity index (χ4n) is 1.75. The molecule has 0 bridgehead atoms. The summed E-state index contributed by atoms with van der Waals surface area (Å²) in [4.78, 5) is 24.3. The van der Waals surface area contributed by atoms with Crippen molar-refractivity contribution in [3.63, 3.8) is 0 Å². The van der Waals surface area contributed by atoms with Crippen molar-refractivity contribution >= 4 is 51.4 Å². The van der Waals surface area contributed by atoms with Crippen molar-refractivity contribution in [2.45, 2.75) is 25.1 Å². The Morgan fingerprint density at radius 3 is 2.88 bits per heavy atom. The molecule has 2 amide bonds. The molecule has 136 valence electrons. The molecule has 0 unspecified atom stereocenters. The molecule has 2 N–H and O–H groups in total. The predicted octanol–water partition coefficient (Wildman–Crippen LogP) is 2.21. The topological polar surface area (TPSA) is 123 Å². The Morgan fingerprint density at radius 1 is 1.27 bits per heavy atom. The van der Waals surface area contributed by atoms with Crippen molar-refractivity contribution in [3.05, 3.63) is 33.3 Å². The van der Waals surface area contributed by atoms with Crippen LogP contribution in [0.3, 0.4) is 0 Å². The second kappa shape index (κ2) is 8.87. The number of rotatable bonds is 8. The zero-order valence-corrected chi connectivity index (χ0v) is 16.0. The van der Waals surface area contributed by atoms with Gasteiger partial charge in [0.25, 0.3) is 11.1 Å². The molecule has 12 heteroatoms. The van der Waals surface area contributed by atoms with Crippen LogP contribution in [0.15, 0.2) is 27.2 Å². The predicted molar refractivity (Wildman–Crippen MR) is 98.4 cm³/mol. The summed E-state index contributed by atoms with van der Waals surface area (Å²) in [5.74, 6) is -0.0612. The molecule has 26 heavy (non-hydrogen) atoms. The van der Waals surface area contributed by atoms with Crippen LogP contribution in [0.5, 0.6) is 0 Å². The van der Waals surface area contributed by atoms with Gasteiger partial charge in [-0.25, -0.2) is 0 Å². The van der Waals surface area contributed by atoms with Gasteiger partial charge in [0, 0.05) is 0 Å². The molecule has 0 fully saturated rings. The summed E-state index contributed by atoms with van der Waals surface area (Å²) in [5, 5.41) is 24.3. The summed E-state index contributed by atoms with van der Waals surface area (Å²) >= 11 is 3.80. The summed E-state index contributed by atoms with van der Waals surface area (Å²) in [6, 6.07) is 3.53. The Labute approximate surface area is 160 Å². The molecular formula is C14H14N6O3S3. The average molecular weight is 411 g/mol. The lowest BCUT2D eigenvalue weighted by Gasteiger charge is -1.99. The van der Waals surface area contributed by atoms with Gasteiger partial charge in [-0.05, 0) is 17.9 Å². The summed E-state index contributed by atoms with van der Waals surface area (Å²) in [6.07, 6.45) is 0.774. The number of amides is 2. The van der Waals surface area contributed by atoms with E-state index in [2.05, 4.69) is 31.0 Å². The maximum absolute atomic E-state index is 11.9. The molecule has 0 atom stereocenters. The Balaban J connectivity index is 1.43. The van der Waals surface area contributed by atoms with Gasteiger partial charge in [0.15, 0.2) is 0 Å². The summed E-state index contributed by atoms with van der Waals surface area (Å²) < 4.78 is 5.40. The fraction of sp³-hybridized carbons (Fsp3) is 0.286. The van der Waals surface area contributed by atoms with Crippen LogP contribution in [0.2, 0.25) is 0 Å². The van der Waals surface area contributed by atoms with Crippen LogP contribution in [0.25, 0.3) is 0 Å². The van der Waals surface area contributed by atoms with Gasteiger partial charge in [0.2, 0.25) is 16.9 Å². The molecule has 0 aromatic carbocycles. The molecule has 3 aromatic heterocycles. The third kappa shape index (κ3) is 5.09. The molecule has 0 radical (unpaired) electrons. The van der Waals surface area contributed by atoms with E-state index in [4.69, 9.17) is 4.42 Å². The van der Waals surface area contributed by atoms with Crippen LogP contribution in [-0.2, 0) is 17.8 Å². The van der Waals surface area contributed by atoms with Crippen LogP contribution in [0.4, 0.5) is 5.13 Å². The second-order valence-electron chi connectivity index (χ2n) is 4.81. The third-order valence-corrected chi connectivity index (χ3v) is 5.61. The average Bonchev–Trinajstić information content (AvgIpc) is 3.39. The molecule has 0 aliphatic heterocycles. The molecule has 3 heterocycles. The van der Waals surface area contributed by atoms with Crippen molar-refractivity contribution in [2.24, 2.45) is 0 Å². The van der Waals surface area contributed by atoms with Gasteiger partial charge in [-0.2, -0.15) is 0 Å². The number of anilines is 1. The molecule has 0 spiro atoms. The van der Waals surface area contributed by atoms with E-state index in [9.17, 15) is 9.59 Å². The summed E-state index contributed by atoms with van der Waals surface area (Å²) in [7, 11) is 0. The normalized spacial score (nSPS) is 10.7. The van der Waals surface area contributed by atoms with E-state index in [1.54, 1.807) is 12.1 Å². The Bertz CT molecular complexity index is 876. The van der Waals surface area contributed by atoms with E-state index >= 15 is 0 Å². The second-order valence-corrected chi connectivity index (χ2v) is 7.75. The molecule has 3 rings (SSSR count). The summed E-state index contributed by atoms with van der Waals surface area (Å²) in [5.41, 5.74) is 0. The first-order valence-corrected chi connectivity index (χ1v) is 10.2. The first-order chi connectivity index (χ1) is 12.6. The molecule has 9 nitrogen and oxygen atoms in total. The van der Waals surface area contributed by atoms with Gasteiger partial charge in [-0.15, -0.1) is 31.7 Å². The van der Waals surface area contributed by atoms with E-state index in [0.29, 0.717) is 10.0 Å². The highest BCUT2D eigenvalue weighted by Crippen LogP contribution is 2.19. The Kier molecular flexibility index (Phi) is 6.30. The van der Waals surface area contributed by atoms with Crippen LogP contribution in [0, 0.1) is 0 Å². The lowest BCUT2D eigenvalue weighted by molar-refractivity contribution is -0.113. The number of thioether (sulfide) groups is 1. The van der Waals surface area contributed by atoms with E-state index in [0.717, 1.165) is 23.2 Å². The number of nitrogens with zero attached hydrogens (tertiary/aromatic N) is 4. The largest absolute Gasteiger partial charge is 0.414 e. The van der Waals surface area contributed by atoms with Crippen LogP contribution >= 0.6 is 34.4 Å². The lowest BCUT2D eigenvalue weighted by Crippen LogP contribution is -2.21. The van der Waals surface area contributed by atoms with Gasteiger partial charge >= 0.3 is 0 Å². The van der Waals surface area contributed by atoms with Crippen LogP contribution in [0.1, 0.15) is 27.5 Å². The van der Waals surface area contributed by atoms with Crippen molar-refractivity contribution in [3.8, 4) is 0 Å². The van der Waals surface area contributed by atoms with Gasteiger partial charge in [0.1, 0.15) is 5.01 Å². The molecule has 0 saturated carbocycles. The Hall–Kier alpha value is -2.31. The smallest absolute Gasteiger partial charge is 0.277 e. The lowest BCUT2D eigenvalue weighted by atomic mass is 10.4. The van der Waals surface area contributed by atoms with Crippen molar-refractivity contribution in [1.82, 2.24) is 25.7 Å². The zero-order chi connectivity index (χ0) is 18.4. The van der Waals surface area contributed by atoms with E-state index in [1.165, 1.54) is 22.7 Å². The SMILES string of the molecule is CCc1nnc(NC(=O)CSc2nnc(CNC(=O)c3cccs3)o2)s1. The highest BCUT2D eigenvalue weighted by molar-refractivity contribution is 7.99. The van der Waals surface area contributed by atoms with E-state index in [-0.39, 0.29) is 35.2 Å². The van der Waals surface area contributed by atoms with Gasteiger partial charge < -0.3 is 9.73 Å². The number of aryl methyl sites for hydroxylation is 1. The number of hydrogen-bond donors (Lipinski definition) is 2. The number of nitrogens with one attached hydrogen (secondary N) is 2. The number of carbonyl (C=O) groups is 2. The molecule has 3 aromatic rings. The van der Waals surface area contributed by atoms with Gasteiger partial charge in [-0.1, -0.05) is 36.1 Å². The van der Waals surface area contributed by atoms with Crippen LogP contribution in [-0.4, -0.2) is 38.0 Å². The number of hydrogen-bond acceptors (Lipinski definition) is 10. The minimum Gasteiger partial charge on any atom is -0.414 e. The maximum atomic E-state index is 11.9. The number of aromatic nitrogens is 4. The highest BCUT2D eigenvalue weighted by Gasteiger charge is 2.13. The Morgan fingerprint density at radius 2 is 2.15 bits per heavy atom. The highest BCUT2D eigenvalue weighted by atomic mass is 32.2. The van der Waals surface area contributed by atoms with Crippen molar-refractivity contribution in [1.29, 1.82) is 0 Å². The zero-order valence-electron chi connectivity index (χ0n) is 13.6. The summed E-state index contributed by atoms with van der Waals surface area (Å²) in [6.45, 7) is 2.10. The van der Waals surface area contributed by atoms with Crippen LogP contribution < -0.4 is 10.6 Å². The van der Waals surface area contributed by atoms with E-state index in [1.807, 2.05) is 12.3 Å². The molecule has 0 aliphatic rings. The first-order valence-electron chi connectivity index (χ1n) is 7.53. The molecule has 0 saturated heterocycles. The quantitative estimate of drug-likeness (QED) is 0.542. The van der Waals surface area contributed by atoms with Gasteiger partial charge in [0.05, 0.1) is 17.2 Å². The number of carbonyl (C=O) groups excluding carboxylic acids is 2. The first kappa shape index (κ1) is 18.5. The fourth-order valence-corrected chi connectivity index (χ4v) is 3.66. The number of thiophene rings is 1. The van der Waals surface area contributed by atoms with Crippen molar-refractivity contribution in [2.75, 3.05) is 11.1 Å². The standard InChI is InChI=1S/C14H14N6O3S3/c1-2-11-18-19-13(26-11)16-9(21)7-25-14-20-17-10(23-14)6-15-12(22)8-4-3-5-24-8/h3-5H,2,6-7H2,1H3,(H,15,22)(H,16,19,21). The minimum atomic E-state index is -0.237. The molecule has 0 aliphatic carbocycles. The minimum absolute atomic E-state index is 0.101. The van der Waals surface area contributed by atoms with Gasteiger partial charge in [-0.3, -0.25) is 14.9 Å². The maximum Gasteiger partial charge on any atom is 0.277 e. The monoisotopic (exact) mass is 410 g/mol. The van der Waals surface area contributed by atoms with E-state index < -0.39 is 0 Å².